The lowest BCUT2D eigenvalue weighted by molar-refractivity contribution is 0.0994. The van der Waals surface area contributed by atoms with E-state index in [9.17, 15) is 4.79 Å². The molecular weight excluding hydrogens is 322 g/mol. The number of rotatable bonds is 4. The van der Waals surface area contributed by atoms with Crippen molar-refractivity contribution in [2.24, 2.45) is 14.1 Å². The van der Waals surface area contributed by atoms with Gasteiger partial charge in [0.15, 0.2) is 11.6 Å². The topological polar surface area (TPSA) is 95.7 Å². The number of anilines is 1. The van der Waals surface area contributed by atoms with Gasteiger partial charge in [-0.15, -0.1) is 0 Å². The molecule has 0 aromatic carbocycles. The summed E-state index contributed by atoms with van der Waals surface area (Å²) in [6.45, 7) is 2.36. The molecule has 0 fully saturated rings. The van der Waals surface area contributed by atoms with Crippen LogP contribution in [-0.2, 0) is 20.6 Å². The van der Waals surface area contributed by atoms with Crippen LogP contribution in [0, 0.1) is 6.92 Å². The first kappa shape index (κ1) is 15.2. The predicted molar refractivity (Wildman–Crippen MR) is 90.2 cm³/mol. The Morgan fingerprint density at radius 3 is 2.84 bits per heavy atom. The Bertz CT molecular complexity index is 1070. The van der Waals surface area contributed by atoms with Crippen LogP contribution in [-0.4, -0.2) is 35.2 Å². The number of aromatic nitrogens is 6. The molecule has 0 radical (unpaired) electrons. The second-order valence-electron chi connectivity index (χ2n) is 5.84. The van der Waals surface area contributed by atoms with E-state index in [4.69, 9.17) is 4.42 Å². The van der Waals surface area contributed by atoms with Crippen LogP contribution in [0.3, 0.4) is 0 Å². The van der Waals surface area contributed by atoms with Gasteiger partial charge in [0.2, 0.25) is 0 Å². The Balaban J connectivity index is 1.53. The third-order valence-electron chi connectivity index (χ3n) is 3.96. The first-order valence-corrected chi connectivity index (χ1v) is 7.76. The Kier molecular flexibility index (Phi) is 3.41. The van der Waals surface area contributed by atoms with Gasteiger partial charge in [-0.3, -0.25) is 18.8 Å². The number of aryl methyl sites for hydroxylation is 3. The molecule has 0 unspecified atom stereocenters. The predicted octanol–water partition coefficient (Wildman–Crippen LogP) is 1.71. The summed E-state index contributed by atoms with van der Waals surface area (Å²) in [5.74, 6) is 1.00. The Hall–Kier alpha value is -3.36. The zero-order valence-electron chi connectivity index (χ0n) is 14.1. The number of hydrogen-bond acceptors (Lipinski definition) is 5. The zero-order valence-corrected chi connectivity index (χ0v) is 14.1. The summed E-state index contributed by atoms with van der Waals surface area (Å²) >= 11 is 0. The van der Waals surface area contributed by atoms with Crippen molar-refractivity contribution in [3.63, 3.8) is 0 Å². The van der Waals surface area contributed by atoms with Gasteiger partial charge in [0.05, 0.1) is 18.4 Å². The van der Waals surface area contributed by atoms with Crippen molar-refractivity contribution in [2.75, 3.05) is 5.32 Å². The van der Waals surface area contributed by atoms with Crippen LogP contribution in [0.25, 0.3) is 11.0 Å². The molecule has 0 atom stereocenters. The molecule has 4 aromatic heterocycles. The summed E-state index contributed by atoms with van der Waals surface area (Å²) in [5, 5.41) is 15.6. The van der Waals surface area contributed by atoms with Crippen molar-refractivity contribution in [1.82, 2.24) is 29.3 Å². The highest BCUT2D eigenvalue weighted by Gasteiger charge is 2.16. The molecule has 0 aliphatic carbocycles. The van der Waals surface area contributed by atoms with E-state index < -0.39 is 0 Å². The first-order valence-electron chi connectivity index (χ1n) is 7.76. The van der Waals surface area contributed by atoms with Crippen molar-refractivity contribution >= 4 is 22.8 Å². The molecule has 4 aromatic rings. The van der Waals surface area contributed by atoms with Gasteiger partial charge in [-0.1, -0.05) is 0 Å². The third kappa shape index (κ3) is 2.69. The molecule has 1 N–H and O–H groups in total. The number of furan rings is 1. The minimum absolute atomic E-state index is 0.229. The molecule has 9 nitrogen and oxygen atoms in total. The minimum Gasteiger partial charge on any atom is -0.454 e. The molecule has 4 heterocycles. The van der Waals surface area contributed by atoms with E-state index >= 15 is 0 Å². The molecule has 0 aliphatic rings. The van der Waals surface area contributed by atoms with Gasteiger partial charge in [0.1, 0.15) is 16.8 Å². The number of carbonyl (C=O) groups excluding carboxylic acids is 1. The first-order chi connectivity index (χ1) is 12.0. The van der Waals surface area contributed by atoms with E-state index in [1.54, 1.807) is 47.0 Å². The van der Waals surface area contributed by atoms with Crippen LogP contribution < -0.4 is 5.32 Å². The minimum atomic E-state index is -0.340. The summed E-state index contributed by atoms with van der Waals surface area (Å²) in [6.07, 6.45) is 3.52. The zero-order chi connectivity index (χ0) is 17.6. The van der Waals surface area contributed by atoms with E-state index in [1.165, 1.54) is 0 Å². The summed E-state index contributed by atoms with van der Waals surface area (Å²) in [7, 11) is 3.67. The third-order valence-corrected chi connectivity index (χ3v) is 3.96. The van der Waals surface area contributed by atoms with Crippen LogP contribution in [0.1, 0.15) is 22.0 Å². The molecule has 0 aliphatic heterocycles. The maximum Gasteiger partial charge on any atom is 0.292 e. The Morgan fingerprint density at radius 2 is 2.08 bits per heavy atom. The van der Waals surface area contributed by atoms with Gasteiger partial charge in [0.25, 0.3) is 5.91 Å². The van der Waals surface area contributed by atoms with E-state index in [0.29, 0.717) is 18.1 Å². The molecule has 1 amide bonds. The number of nitrogens with one attached hydrogen (secondary N) is 1. The number of carbonyl (C=O) groups is 1. The van der Waals surface area contributed by atoms with Gasteiger partial charge in [-0.2, -0.15) is 15.3 Å². The molecule has 128 valence electrons. The van der Waals surface area contributed by atoms with Gasteiger partial charge in [-0.05, 0) is 19.1 Å². The molecular formula is C16H17N7O2. The van der Waals surface area contributed by atoms with E-state index in [1.807, 2.05) is 18.7 Å². The fourth-order valence-electron chi connectivity index (χ4n) is 2.82. The lowest BCUT2D eigenvalue weighted by Crippen LogP contribution is -2.11. The van der Waals surface area contributed by atoms with Crippen molar-refractivity contribution in [3.8, 4) is 0 Å². The van der Waals surface area contributed by atoms with Crippen LogP contribution in [0.4, 0.5) is 5.82 Å². The quantitative estimate of drug-likeness (QED) is 0.610. The smallest absolute Gasteiger partial charge is 0.292 e. The van der Waals surface area contributed by atoms with Crippen LogP contribution in [0.5, 0.6) is 0 Å². The standard InChI is InChI=1S/C16H17N7O2/c1-10-15-12(22(3)19-10)8-17-23(15)9-11-4-5-13(25-11)16(24)18-14-6-7-21(2)20-14/h4-8H,9H2,1-3H3,(H,18,20,24). The molecule has 25 heavy (non-hydrogen) atoms. The fourth-order valence-corrected chi connectivity index (χ4v) is 2.82. The maximum atomic E-state index is 12.2. The highest BCUT2D eigenvalue weighted by Crippen LogP contribution is 2.19. The number of hydrogen-bond donors (Lipinski definition) is 1. The lowest BCUT2D eigenvalue weighted by Gasteiger charge is -2.01. The lowest BCUT2D eigenvalue weighted by atomic mass is 10.3. The summed E-state index contributed by atoms with van der Waals surface area (Å²) in [6, 6.07) is 5.13. The van der Waals surface area contributed by atoms with Gasteiger partial charge >= 0.3 is 0 Å². The Labute approximate surface area is 142 Å². The Morgan fingerprint density at radius 1 is 1.24 bits per heavy atom. The fraction of sp³-hybridized carbons (Fsp3) is 0.250. The van der Waals surface area contributed by atoms with Crippen molar-refractivity contribution in [3.05, 3.63) is 47.8 Å². The SMILES string of the molecule is Cc1nn(C)c2cnn(Cc3ccc(C(=O)Nc4ccn(C)n4)o3)c12. The largest absolute Gasteiger partial charge is 0.454 e. The summed E-state index contributed by atoms with van der Waals surface area (Å²) < 4.78 is 10.9. The summed E-state index contributed by atoms with van der Waals surface area (Å²) in [4.78, 5) is 12.2. The van der Waals surface area contributed by atoms with Crippen LogP contribution in [0.2, 0.25) is 0 Å². The van der Waals surface area contributed by atoms with Crippen LogP contribution in [0.15, 0.2) is 35.0 Å². The van der Waals surface area contributed by atoms with E-state index in [2.05, 4.69) is 20.6 Å². The monoisotopic (exact) mass is 339 g/mol. The van der Waals surface area contributed by atoms with Crippen molar-refractivity contribution in [1.29, 1.82) is 0 Å². The van der Waals surface area contributed by atoms with Crippen molar-refractivity contribution in [2.45, 2.75) is 13.5 Å². The average molecular weight is 339 g/mol. The molecule has 0 saturated carbocycles. The maximum absolute atomic E-state index is 12.2. The van der Waals surface area contributed by atoms with Crippen LogP contribution >= 0.6 is 0 Å². The molecule has 0 saturated heterocycles. The van der Waals surface area contributed by atoms with Crippen molar-refractivity contribution < 1.29 is 9.21 Å². The molecule has 0 spiro atoms. The van der Waals surface area contributed by atoms with Gasteiger partial charge in [-0.25, -0.2) is 0 Å². The average Bonchev–Trinajstić information content (AvgIpc) is 3.30. The highest BCUT2D eigenvalue weighted by molar-refractivity contribution is 6.01. The second-order valence-corrected chi connectivity index (χ2v) is 5.84. The number of nitrogens with zero attached hydrogens (tertiary/aromatic N) is 6. The van der Waals surface area contributed by atoms with Gasteiger partial charge in [0, 0.05) is 26.4 Å². The number of fused-ring (bicyclic) bond motifs is 1. The van der Waals surface area contributed by atoms with Gasteiger partial charge < -0.3 is 9.73 Å². The molecule has 0 bridgehead atoms. The van der Waals surface area contributed by atoms with E-state index in [0.717, 1.165) is 16.7 Å². The number of amides is 1. The second kappa shape index (κ2) is 5.62. The summed E-state index contributed by atoms with van der Waals surface area (Å²) in [5.41, 5.74) is 2.81. The molecule has 9 heteroatoms. The molecule has 4 rings (SSSR count). The van der Waals surface area contributed by atoms with E-state index in [-0.39, 0.29) is 11.7 Å². The normalized spacial score (nSPS) is 11.3. The highest BCUT2D eigenvalue weighted by atomic mass is 16.4.